The van der Waals surface area contributed by atoms with Crippen molar-refractivity contribution in [1.29, 1.82) is 0 Å². The monoisotopic (exact) mass is 345 g/mol. The molecule has 0 amide bonds. The molecule has 0 aromatic carbocycles. The molecule has 3 nitrogen and oxygen atoms in total. The fourth-order valence-corrected chi connectivity index (χ4v) is 5.02. The number of nitrogens with zero attached hydrogens (tertiary/aromatic N) is 1. The van der Waals surface area contributed by atoms with Crippen LogP contribution in [0.2, 0.25) is 0 Å². The normalized spacial score (nSPS) is 12.2. The van der Waals surface area contributed by atoms with Gasteiger partial charge in [0.1, 0.15) is 4.21 Å². The molecule has 0 aliphatic heterocycles. The number of halogens is 2. The van der Waals surface area contributed by atoms with E-state index in [4.69, 9.17) is 11.6 Å². The van der Waals surface area contributed by atoms with Crippen LogP contribution in [0.15, 0.2) is 20.1 Å². The molecule has 0 radical (unpaired) electrons. The van der Waals surface area contributed by atoms with Crippen LogP contribution in [0.25, 0.3) is 0 Å². The topological polar surface area (TPSA) is 37.4 Å². The molecule has 0 saturated heterocycles. The smallest absolute Gasteiger partial charge is 0.206 e. The van der Waals surface area contributed by atoms with Crippen molar-refractivity contribution >= 4 is 48.9 Å². The average Bonchev–Trinajstić information content (AvgIpc) is 2.66. The third-order valence-electron chi connectivity index (χ3n) is 2.04. The summed E-state index contributed by atoms with van der Waals surface area (Å²) < 4.78 is 27.0. The number of thiophene rings is 1. The van der Waals surface area contributed by atoms with E-state index >= 15 is 0 Å². The minimum atomic E-state index is -3.34. The fourth-order valence-electron chi connectivity index (χ4n) is 1.25. The van der Waals surface area contributed by atoms with Crippen molar-refractivity contribution in [2.75, 3.05) is 19.0 Å². The second-order valence-corrected chi connectivity index (χ2v) is 8.10. The minimum absolute atomic E-state index is 0.371. The fraction of sp³-hybridized carbons (Fsp3) is 0.556. The van der Waals surface area contributed by atoms with E-state index in [0.717, 1.165) is 3.79 Å². The van der Waals surface area contributed by atoms with Crippen molar-refractivity contribution in [2.45, 2.75) is 17.6 Å². The number of sulfonamides is 1. The highest BCUT2D eigenvalue weighted by molar-refractivity contribution is 9.11. The van der Waals surface area contributed by atoms with Crippen LogP contribution in [0.5, 0.6) is 0 Å². The molecule has 1 rings (SSSR count). The minimum Gasteiger partial charge on any atom is -0.206 e. The second kappa shape index (κ2) is 6.35. The molecule has 1 aromatic heterocycles. The van der Waals surface area contributed by atoms with Gasteiger partial charge in [-0.1, -0.05) is 6.92 Å². The van der Waals surface area contributed by atoms with E-state index in [-0.39, 0.29) is 0 Å². The van der Waals surface area contributed by atoms with E-state index in [2.05, 4.69) is 15.9 Å². The van der Waals surface area contributed by atoms with E-state index in [9.17, 15) is 8.42 Å². The Balaban J connectivity index is 2.90. The van der Waals surface area contributed by atoms with Crippen molar-refractivity contribution in [2.24, 2.45) is 0 Å². The molecule has 16 heavy (non-hydrogen) atoms. The predicted molar refractivity (Wildman–Crippen MR) is 71.8 cm³/mol. The maximum atomic E-state index is 12.2. The first-order valence-corrected chi connectivity index (χ1v) is 8.42. The van der Waals surface area contributed by atoms with Crippen LogP contribution in [-0.2, 0) is 10.0 Å². The van der Waals surface area contributed by atoms with Crippen LogP contribution in [0.4, 0.5) is 0 Å². The zero-order valence-electron chi connectivity index (χ0n) is 8.82. The molecule has 92 valence electrons. The first-order chi connectivity index (χ1) is 7.52. The number of hydrogen-bond acceptors (Lipinski definition) is 3. The first kappa shape index (κ1) is 14.4. The van der Waals surface area contributed by atoms with Crippen LogP contribution in [0.3, 0.4) is 0 Å². The van der Waals surface area contributed by atoms with Crippen LogP contribution < -0.4 is 0 Å². The molecular weight excluding hydrogens is 334 g/mol. The van der Waals surface area contributed by atoms with Gasteiger partial charge in [-0.2, -0.15) is 4.31 Å². The number of rotatable bonds is 6. The van der Waals surface area contributed by atoms with E-state index in [0.29, 0.717) is 29.6 Å². The first-order valence-electron chi connectivity index (χ1n) is 4.83. The molecule has 7 heteroatoms. The number of alkyl halides is 1. The molecule has 0 atom stereocenters. The maximum absolute atomic E-state index is 12.2. The summed E-state index contributed by atoms with van der Waals surface area (Å²) in [5.74, 6) is 0.472. The number of hydrogen-bond donors (Lipinski definition) is 0. The molecule has 0 spiro atoms. The average molecular weight is 347 g/mol. The van der Waals surface area contributed by atoms with Crippen LogP contribution in [0, 0.1) is 0 Å². The highest BCUT2D eigenvalue weighted by Crippen LogP contribution is 2.28. The summed E-state index contributed by atoms with van der Waals surface area (Å²) in [4.78, 5) is 0. The Morgan fingerprint density at radius 3 is 2.62 bits per heavy atom. The van der Waals surface area contributed by atoms with Gasteiger partial charge in [-0.3, -0.25) is 0 Å². The lowest BCUT2D eigenvalue weighted by Crippen LogP contribution is -2.31. The van der Waals surface area contributed by atoms with E-state index < -0.39 is 10.0 Å². The van der Waals surface area contributed by atoms with Crippen molar-refractivity contribution < 1.29 is 8.42 Å². The van der Waals surface area contributed by atoms with Crippen molar-refractivity contribution in [3.8, 4) is 0 Å². The Kier molecular flexibility index (Phi) is 5.73. The summed E-state index contributed by atoms with van der Waals surface area (Å²) in [6.45, 7) is 2.76. The van der Waals surface area contributed by atoms with Crippen molar-refractivity contribution in [3.63, 3.8) is 0 Å². The molecular formula is C9H13BrClNO2S2. The summed E-state index contributed by atoms with van der Waals surface area (Å²) in [5.41, 5.74) is 0. The quantitative estimate of drug-likeness (QED) is 0.742. The third kappa shape index (κ3) is 3.43. The Morgan fingerprint density at radius 1 is 1.50 bits per heavy atom. The molecule has 0 N–H and O–H groups in total. The largest absolute Gasteiger partial charge is 0.252 e. The van der Waals surface area contributed by atoms with Gasteiger partial charge in [0.15, 0.2) is 0 Å². The van der Waals surface area contributed by atoms with Gasteiger partial charge in [0.2, 0.25) is 0 Å². The van der Waals surface area contributed by atoms with Gasteiger partial charge >= 0.3 is 0 Å². The van der Waals surface area contributed by atoms with E-state index in [1.165, 1.54) is 15.6 Å². The molecule has 0 unspecified atom stereocenters. The van der Waals surface area contributed by atoms with Gasteiger partial charge in [0, 0.05) is 19.0 Å². The van der Waals surface area contributed by atoms with Gasteiger partial charge < -0.3 is 0 Å². The molecule has 0 aliphatic carbocycles. The summed E-state index contributed by atoms with van der Waals surface area (Å²) in [6.07, 6.45) is 0.668. The predicted octanol–water partition coefficient (Wildman–Crippen LogP) is 3.15. The van der Waals surface area contributed by atoms with Gasteiger partial charge in [-0.05, 0) is 34.5 Å². The van der Waals surface area contributed by atoms with Crippen LogP contribution >= 0.6 is 38.9 Å². The van der Waals surface area contributed by atoms with Crippen molar-refractivity contribution in [1.82, 2.24) is 4.31 Å². The van der Waals surface area contributed by atoms with Gasteiger partial charge in [0.25, 0.3) is 10.0 Å². The second-order valence-electron chi connectivity index (χ2n) is 3.10. The molecule has 0 fully saturated rings. The van der Waals surface area contributed by atoms with Gasteiger partial charge in [-0.15, -0.1) is 22.9 Å². The summed E-state index contributed by atoms with van der Waals surface area (Å²) >= 11 is 10.1. The van der Waals surface area contributed by atoms with E-state index in [1.807, 2.05) is 6.92 Å². The van der Waals surface area contributed by atoms with Gasteiger partial charge in [0.05, 0.1) is 3.79 Å². The summed E-state index contributed by atoms with van der Waals surface area (Å²) in [5, 5.41) is 0. The Labute approximate surface area is 114 Å². The van der Waals surface area contributed by atoms with Crippen LogP contribution in [-0.4, -0.2) is 31.7 Å². The summed E-state index contributed by atoms with van der Waals surface area (Å²) in [6, 6.07) is 3.36. The van der Waals surface area contributed by atoms with Crippen molar-refractivity contribution in [3.05, 3.63) is 15.9 Å². The maximum Gasteiger partial charge on any atom is 0.252 e. The van der Waals surface area contributed by atoms with Crippen LogP contribution in [0.1, 0.15) is 13.3 Å². The van der Waals surface area contributed by atoms with Gasteiger partial charge in [-0.25, -0.2) is 8.42 Å². The zero-order valence-corrected chi connectivity index (χ0v) is 12.8. The Hall–Kier alpha value is 0.380. The zero-order chi connectivity index (χ0) is 12.2. The highest BCUT2D eigenvalue weighted by atomic mass is 79.9. The summed E-state index contributed by atoms with van der Waals surface area (Å²) in [7, 11) is -3.34. The Bertz CT molecular complexity index is 432. The molecule has 0 bridgehead atoms. The lowest BCUT2D eigenvalue weighted by molar-refractivity contribution is 0.429. The Morgan fingerprint density at radius 2 is 2.19 bits per heavy atom. The lowest BCUT2D eigenvalue weighted by atomic mass is 10.5. The molecule has 1 aromatic rings. The molecule has 1 heterocycles. The van der Waals surface area contributed by atoms with E-state index in [1.54, 1.807) is 12.1 Å². The third-order valence-corrected chi connectivity index (χ3v) is 6.37. The molecule has 0 saturated carbocycles. The standard InChI is InChI=1S/C9H13BrClNO2S2/c1-2-12(7-3-6-11)16(13,14)9-5-4-8(10)15-9/h4-5H,2-3,6-7H2,1H3. The molecule has 0 aliphatic rings. The highest BCUT2D eigenvalue weighted by Gasteiger charge is 2.23. The lowest BCUT2D eigenvalue weighted by Gasteiger charge is -2.18. The SMILES string of the molecule is CCN(CCCCl)S(=O)(=O)c1ccc(Br)s1.